The standard InChI is InChI=1S/C57H38N2/c1-57(2)48-34-47(52-43-23-11-9-21-41(43)51(37-17-4-3-5-18-37)42-22-10-12-24-44(42)52)39-19-7-8-20-40(39)53(48)56-54(57)45-25-13-14-26-46(45)55(59-56)38-30-28-36(29-31-38)50-33-32-35-16-6-15-27-49(35)58-50/h3-34H,1-2H3. The van der Waals surface area contributed by atoms with Gasteiger partial charge in [0.05, 0.1) is 22.6 Å². The molecule has 276 valence electrons. The Kier molecular flexibility index (Phi) is 7.31. The smallest absolute Gasteiger partial charge is 0.0788 e. The highest BCUT2D eigenvalue weighted by Crippen LogP contribution is 2.56. The number of hydrogen-bond acceptors (Lipinski definition) is 2. The molecule has 11 aromatic rings. The monoisotopic (exact) mass is 750 g/mol. The number of pyridine rings is 2. The molecule has 0 saturated heterocycles. The van der Waals surface area contributed by atoms with Crippen molar-refractivity contribution in [3.63, 3.8) is 0 Å². The van der Waals surface area contributed by atoms with E-state index in [1.807, 2.05) is 6.07 Å². The van der Waals surface area contributed by atoms with Gasteiger partial charge >= 0.3 is 0 Å². The van der Waals surface area contributed by atoms with E-state index < -0.39 is 0 Å². The molecule has 0 N–H and O–H groups in total. The normalized spacial score (nSPS) is 13.1. The van der Waals surface area contributed by atoms with E-state index in [4.69, 9.17) is 9.97 Å². The van der Waals surface area contributed by atoms with Gasteiger partial charge in [0.1, 0.15) is 0 Å². The van der Waals surface area contributed by atoms with Crippen LogP contribution in [-0.2, 0) is 5.41 Å². The highest BCUT2D eigenvalue weighted by atomic mass is 14.8. The summed E-state index contributed by atoms with van der Waals surface area (Å²) in [4.78, 5) is 10.7. The topological polar surface area (TPSA) is 25.8 Å². The van der Waals surface area contributed by atoms with Crippen molar-refractivity contribution in [1.82, 2.24) is 9.97 Å². The Morgan fingerprint density at radius 3 is 1.56 bits per heavy atom. The molecule has 59 heavy (non-hydrogen) atoms. The second-order valence-electron chi connectivity index (χ2n) is 16.4. The Bertz CT molecular complexity index is 3450. The maximum atomic E-state index is 5.71. The summed E-state index contributed by atoms with van der Waals surface area (Å²) in [5.41, 5.74) is 14.8. The highest BCUT2D eigenvalue weighted by molar-refractivity contribution is 6.25. The fraction of sp³-hybridized carbons (Fsp3) is 0.0526. The molecule has 12 rings (SSSR count). The SMILES string of the molecule is CC1(C)c2cc(-c3c4ccccc4c(-c4ccccc4)c4ccccc34)c3ccccc3c2-c2nc(-c3ccc(-c4ccc5ccccc5n4)cc3)c3ccccc3c21. The summed E-state index contributed by atoms with van der Waals surface area (Å²) in [5.74, 6) is 0. The lowest BCUT2D eigenvalue weighted by Gasteiger charge is -2.25. The number of fused-ring (bicyclic) bond motifs is 10. The third-order valence-electron chi connectivity index (χ3n) is 12.8. The first-order valence-corrected chi connectivity index (χ1v) is 20.5. The Morgan fingerprint density at radius 1 is 0.356 bits per heavy atom. The van der Waals surface area contributed by atoms with Crippen LogP contribution in [0.2, 0.25) is 0 Å². The van der Waals surface area contributed by atoms with Crippen LogP contribution in [0.25, 0.3) is 110 Å². The van der Waals surface area contributed by atoms with Gasteiger partial charge in [-0.15, -0.1) is 0 Å². The molecule has 0 fully saturated rings. The van der Waals surface area contributed by atoms with Crippen molar-refractivity contribution in [3.05, 3.63) is 205 Å². The Morgan fingerprint density at radius 2 is 0.881 bits per heavy atom. The molecular formula is C57H38N2. The van der Waals surface area contributed by atoms with Gasteiger partial charge in [0.2, 0.25) is 0 Å². The van der Waals surface area contributed by atoms with Crippen molar-refractivity contribution in [2.45, 2.75) is 19.3 Å². The molecule has 2 heteroatoms. The molecule has 0 saturated carbocycles. The minimum atomic E-state index is -0.310. The van der Waals surface area contributed by atoms with E-state index in [1.54, 1.807) is 0 Å². The summed E-state index contributed by atoms with van der Waals surface area (Å²) in [6.45, 7) is 4.79. The van der Waals surface area contributed by atoms with E-state index in [0.29, 0.717) is 0 Å². The predicted octanol–water partition coefficient (Wildman–Crippen LogP) is 15.2. The Hall–Kier alpha value is -7.42. The average molecular weight is 751 g/mol. The zero-order valence-electron chi connectivity index (χ0n) is 32.9. The molecule has 0 atom stereocenters. The van der Waals surface area contributed by atoms with Crippen LogP contribution in [0.5, 0.6) is 0 Å². The van der Waals surface area contributed by atoms with Crippen LogP contribution < -0.4 is 0 Å². The fourth-order valence-corrected chi connectivity index (χ4v) is 10.1. The third kappa shape index (κ3) is 5.00. The average Bonchev–Trinajstić information content (AvgIpc) is 3.53. The predicted molar refractivity (Wildman–Crippen MR) is 249 cm³/mol. The van der Waals surface area contributed by atoms with Gasteiger partial charge < -0.3 is 0 Å². The lowest BCUT2D eigenvalue weighted by Crippen LogP contribution is -2.16. The minimum Gasteiger partial charge on any atom is -0.248 e. The molecule has 0 aliphatic heterocycles. The summed E-state index contributed by atoms with van der Waals surface area (Å²) in [7, 11) is 0. The highest BCUT2D eigenvalue weighted by Gasteiger charge is 2.40. The van der Waals surface area contributed by atoms with Gasteiger partial charge in [0.25, 0.3) is 0 Å². The lowest BCUT2D eigenvalue weighted by molar-refractivity contribution is 0.666. The lowest BCUT2D eigenvalue weighted by atomic mass is 9.78. The van der Waals surface area contributed by atoms with Crippen LogP contribution in [0, 0.1) is 0 Å². The molecule has 1 aliphatic carbocycles. The number of benzene rings is 9. The summed E-state index contributed by atoms with van der Waals surface area (Å²) >= 11 is 0. The quantitative estimate of drug-likeness (QED) is 0.167. The molecular weight excluding hydrogens is 713 g/mol. The van der Waals surface area contributed by atoms with Gasteiger partial charge in [-0.05, 0) is 89.3 Å². The number of hydrogen-bond donors (Lipinski definition) is 0. The largest absolute Gasteiger partial charge is 0.248 e. The van der Waals surface area contributed by atoms with Gasteiger partial charge in [-0.25, -0.2) is 9.97 Å². The summed E-state index contributed by atoms with van der Waals surface area (Å²) in [6.07, 6.45) is 0. The van der Waals surface area contributed by atoms with Gasteiger partial charge in [-0.3, -0.25) is 0 Å². The first kappa shape index (κ1) is 33.7. The fourth-order valence-electron chi connectivity index (χ4n) is 10.1. The molecule has 1 aliphatic rings. The molecule has 0 radical (unpaired) electrons. The molecule has 2 nitrogen and oxygen atoms in total. The van der Waals surface area contributed by atoms with Crippen molar-refractivity contribution in [2.24, 2.45) is 0 Å². The van der Waals surface area contributed by atoms with Crippen molar-refractivity contribution >= 4 is 54.0 Å². The third-order valence-corrected chi connectivity index (χ3v) is 12.8. The molecule has 2 aromatic heterocycles. The zero-order chi connectivity index (χ0) is 39.2. The number of aromatic nitrogens is 2. The summed E-state index contributed by atoms with van der Waals surface area (Å²) < 4.78 is 0. The Balaban J connectivity index is 1.10. The second kappa shape index (κ2) is 12.8. The first-order valence-electron chi connectivity index (χ1n) is 20.5. The van der Waals surface area contributed by atoms with E-state index >= 15 is 0 Å². The van der Waals surface area contributed by atoms with Gasteiger partial charge in [-0.2, -0.15) is 0 Å². The van der Waals surface area contributed by atoms with E-state index in [1.165, 1.54) is 82.0 Å². The molecule has 9 aromatic carbocycles. The van der Waals surface area contributed by atoms with Crippen LogP contribution in [0.15, 0.2) is 194 Å². The van der Waals surface area contributed by atoms with Gasteiger partial charge in [-0.1, -0.05) is 190 Å². The molecule has 0 amide bonds. The van der Waals surface area contributed by atoms with Gasteiger partial charge in [0, 0.05) is 32.9 Å². The van der Waals surface area contributed by atoms with Crippen LogP contribution >= 0.6 is 0 Å². The van der Waals surface area contributed by atoms with E-state index in [9.17, 15) is 0 Å². The number of para-hydroxylation sites is 1. The number of rotatable bonds is 4. The van der Waals surface area contributed by atoms with Crippen molar-refractivity contribution < 1.29 is 0 Å². The van der Waals surface area contributed by atoms with Crippen LogP contribution in [0.1, 0.15) is 25.0 Å². The summed E-state index contributed by atoms with van der Waals surface area (Å²) in [5, 5.41) is 11.1. The maximum absolute atomic E-state index is 5.71. The van der Waals surface area contributed by atoms with E-state index in [2.05, 4.69) is 202 Å². The van der Waals surface area contributed by atoms with Crippen LogP contribution in [0.3, 0.4) is 0 Å². The van der Waals surface area contributed by atoms with Crippen LogP contribution in [-0.4, -0.2) is 9.97 Å². The Labute approximate surface area is 343 Å². The minimum absolute atomic E-state index is 0.310. The molecule has 0 spiro atoms. The van der Waals surface area contributed by atoms with Crippen molar-refractivity contribution in [2.75, 3.05) is 0 Å². The van der Waals surface area contributed by atoms with E-state index in [0.717, 1.165) is 39.1 Å². The first-order chi connectivity index (χ1) is 29.0. The number of nitrogens with zero attached hydrogens (tertiary/aromatic N) is 2. The zero-order valence-corrected chi connectivity index (χ0v) is 32.9. The van der Waals surface area contributed by atoms with Gasteiger partial charge in [0.15, 0.2) is 0 Å². The summed E-state index contributed by atoms with van der Waals surface area (Å²) in [6, 6.07) is 70.5. The van der Waals surface area contributed by atoms with E-state index in [-0.39, 0.29) is 5.41 Å². The molecule has 0 unspecified atom stereocenters. The van der Waals surface area contributed by atoms with Crippen molar-refractivity contribution in [3.8, 4) is 56.0 Å². The molecule has 2 heterocycles. The van der Waals surface area contributed by atoms with Crippen molar-refractivity contribution in [1.29, 1.82) is 0 Å². The maximum Gasteiger partial charge on any atom is 0.0788 e. The molecule has 0 bridgehead atoms. The van der Waals surface area contributed by atoms with Crippen LogP contribution in [0.4, 0.5) is 0 Å². The second-order valence-corrected chi connectivity index (χ2v) is 16.4.